The number of likely N-dealkylation sites (tertiary alicyclic amines) is 2. The Hall–Kier alpha value is -2.08. The fraction of sp³-hybridized carbons (Fsp3) is 0.619. The summed E-state index contributed by atoms with van der Waals surface area (Å²) >= 11 is 0. The van der Waals surface area contributed by atoms with Gasteiger partial charge in [0.1, 0.15) is 17.4 Å². The number of carbonyl (C=O) groups is 2. The maximum absolute atomic E-state index is 13.0. The van der Waals surface area contributed by atoms with Gasteiger partial charge < -0.3 is 19.3 Å². The second-order valence-electron chi connectivity index (χ2n) is 7.78. The van der Waals surface area contributed by atoms with E-state index in [0.717, 1.165) is 43.4 Å². The van der Waals surface area contributed by atoms with E-state index < -0.39 is 0 Å². The van der Waals surface area contributed by atoms with Crippen LogP contribution in [0.15, 0.2) is 18.2 Å². The number of piperidine rings is 1. The molecule has 3 heterocycles. The lowest BCUT2D eigenvalue weighted by Gasteiger charge is -2.46. The lowest BCUT2D eigenvalue weighted by molar-refractivity contribution is -0.149. The highest BCUT2D eigenvalue weighted by Gasteiger charge is 2.45. The first kappa shape index (κ1) is 18.3. The van der Waals surface area contributed by atoms with Gasteiger partial charge in [-0.05, 0) is 43.7 Å². The molecule has 3 aliphatic rings. The molecule has 2 amide bonds. The van der Waals surface area contributed by atoms with Gasteiger partial charge in [-0.1, -0.05) is 12.1 Å². The van der Waals surface area contributed by atoms with Crippen molar-refractivity contribution in [2.75, 3.05) is 33.4 Å². The highest BCUT2D eigenvalue weighted by molar-refractivity contribution is 5.87. The molecule has 2 fully saturated rings. The summed E-state index contributed by atoms with van der Waals surface area (Å²) in [5, 5.41) is 0. The first-order chi connectivity index (χ1) is 13.1. The van der Waals surface area contributed by atoms with Crippen LogP contribution in [0.2, 0.25) is 0 Å². The van der Waals surface area contributed by atoms with E-state index >= 15 is 0 Å². The minimum Gasteiger partial charge on any atom is -0.496 e. The average Bonchev–Trinajstić information content (AvgIpc) is 3.18. The maximum atomic E-state index is 13.0. The summed E-state index contributed by atoms with van der Waals surface area (Å²) in [5.74, 6) is 0.966. The molecule has 27 heavy (non-hydrogen) atoms. The molecular weight excluding hydrogens is 344 g/mol. The van der Waals surface area contributed by atoms with Gasteiger partial charge >= 0.3 is 0 Å². The molecule has 0 aromatic heterocycles. The van der Waals surface area contributed by atoms with E-state index in [1.165, 1.54) is 5.56 Å². The largest absolute Gasteiger partial charge is 0.496 e. The number of rotatable bonds is 2. The number of benzene rings is 1. The van der Waals surface area contributed by atoms with Gasteiger partial charge in [0.25, 0.3) is 0 Å². The average molecular weight is 372 g/mol. The summed E-state index contributed by atoms with van der Waals surface area (Å²) in [6.45, 7) is 4.25. The standard InChI is InChI=1S/C21H28N2O4/c1-15(24)23-11-4-6-17(23)20(25)22-12-9-21(10-13-22)19-16(8-14-27-21)5-3-7-18(19)26-2/h3,5,7,17H,4,6,8-14H2,1-2H3/t17-/m0/s1. The van der Waals surface area contributed by atoms with Crippen molar-refractivity contribution in [2.24, 2.45) is 0 Å². The molecule has 2 saturated heterocycles. The SMILES string of the molecule is COc1cccc2c1C1(CCN(C(=O)[C@@H]3CCCN3C(C)=O)CC1)OCC2. The molecule has 1 spiro atoms. The van der Waals surface area contributed by atoms with Crippen LogP contribution in [0.1, 0.15) is 43.7 Å². The lowest BCUT2D eigenvalue weighted by Crippen LogP contribution is -2.53. The minimum atomic E-state index is -0.368. The van der Waals surface area contributed by atoms with E-state index in [-0.39, 0.29) is 23.5 Å². The quantitative estimate of drug-likeness (QED) is 0.798. The summed E-state index contributed by atoms with van der Waals surface area (Å²) in [7, 11) is 1.70. The molecule has 0 N–H and O–H groups in total. The van der Waals surface area contributed by atoms with E-state index in [0.29, 0.717) is 26.2 Å². The van der Waals surface area contributed by atoms with Crippen molar-refractivity contribution < 1.29 is 19.1 Å². The van der Waals surface area contributed by atoms with E-state index in [9.17, 15) is 9.59 Å². The summed E-state index contributed by atoms with van der Waals surface area (Å²) in [5.41, 5.74) is 2.09. The maximum Gasteiger partial charge on any atom is 0.245 e. The molecule has 1 aromatic carbocycles. The number of hydrogen-bond donors (Lipinski definition) is 0. The summed E-state index contributed by atoms with van der Waals surface area (Å²) in [6, 6.07) is 5.90. The molecule has 0 saturated carbocycles. The third-order valence-corrected chi connectivity index (χ3v) is 6.36. The number of hydrogen-bond acceptors (Lipinski definition) is 4. The van der Waals surface area contributed by atoms with Crippen LogP contribution in [0, 0.1) is 0 Å². The Bertz CT molecular complexity index is 725. The van der Waals surface area contributed by atoms with Crippen LogP contribution in [0.3, 0.4) is 0 Å². The predicted octanol–water partition coefficient (Wildman–Crippen LogP) is 2.10. The fourth-order valence-electron chi connectivity index (χ4n) is 4.99. The molecule has 1 atom stereocenters. The number of amides is 2. The van der Waals surface area contributed by atoms with Crippen LogP contribution >= 0.6 is 0 Å². The van der Waals surface area contributed by atoms with Gasteiger partial charge in [0, 0.05) is 32.1 Å². The van der Waals surface area contributed by atoms with Crippen molar-refractivity contribution in [3.63, 3.8) is 0 Å². The van der Waals surface area contributed by atoms with Gasteiger partial charge in [-0.15, -0.1) is 0 Å². The van der Waals surface area contributed by atoms with Gasteiger partial charge in [0.2, 0.25) is 11.8 Å². The Kier molecular flexibility index (Phi) is 4.84. The second-order valence-corrected chi connectivity index (χ2v) is 7.78. The fourth-order valence-corrected chi connectivity index (χ4v) is 4.99. The normalized spacial score (nSPS) is 24.0. The third kappa shape index (κ3) is 3.10. The summed E-state index contributed by atoms with van der Waals surface area (Å²) < 4.78 is 11.9. The van der Waals surface area contributed by atoms with Crippen LogP contribution in [0.25, 0.3) is 0 Å². The third-order valence-electron chi connectivity index (χ3n) is 6.36. The molecule has 0 aliphatic carbocycles. The molecular formula is C21H28N2O4. The molecule has 4 rings (SSSR count). The Morgan fingerprint density at radius 3 is 2.70 bits per heavy atom. The molecule has 3 aliphatic heterocycles. The molecule has 0 radical (unpaired) electrons. The zero-order valence-electron chi connectivity index (χ0n) is 16.2. The Morgan fingerprint density at radius 1 is 1.22 bits per heavy atom. The van der Waals surface area contributed by atoms with Gasteiger partial charge in [0.15, 0.2) is 0 Å². The number of ether oxygens (including phenoxy) is 2. The van der Waals surface area contributed by atoms with Crippen LogP contribution in [0.5, 0.6) is 5.75 Å². The van der Waals surface area contributed by atoms with Crippen LogP contribution in [-0.4, -0.2) is 61.0 Å². The summed E-state index contributed by atoms with van der Waals surface area (Å²) in [6.07, 6.45) is 4.10. The van der Waals surface area contributed by atoms with E-state index in [2.05, 4.69) is 6.07 Å². The Morgan fingerprint density at radius 2 is 2.00 bits per heavy atom. The van der Waals surface area contributed by atoms with Gasteiger partial charge in [-0.2, -0.15) is 0 Å². The van der Waals surface area contributed by atoms with Crippen LogP contribution in [-0.2, 0) is 26.3 Å². The Labute approximate surface area is 160 Å². The van der Waals surface area contributed by atoms with Crippen molar-refractivity contribution in [2.45, 2.75) is 50.7 Å². The van der Waals surface area contributed by atoms with Crippen LogP contribution in [0.4, 0.5) is 0 Å². The van der Waals surface area contributed by atoms with Gasteiger partial charge in [0.05, 0.1) is 13.7 Å². The lowest BCUT2D eigenvalue weighted by atomic mass is 9.78. The van der Waals surface area contributed by atoms with E-state index in [4.69, 9.17) is 9.47 Å². The van der Waals surface area contributed by atoms with Gasteiger partial charge in [-0.25, -0.2) is 0 Å². The monoisotopic (exact) mass is 372 g/mol. The second kappa shape index (κ2) is 7.15. The van der Waals surface area contributed by atoms with Crippen LogP contribution < -0.4 is 4.74 Å². The van der Waals surface area contributed by atoms with Gasteiger partial charge in [-0.3, -0.25) is 9.59 Å². The smallest absolute Gasteiger partial charge is 0.245 e. The number of carbonyl (C=O) groups excluding carboxylic acids is 2. The number of nitrogens with zero attached hydrogens (tertiary/aromatic N) is 2. The first-order valence-corrected chi connectivity index (χ1v) is 9.92. The van der Waals surface area contributed by atoms with Crippen molar-refractivity contribution >= 4 is 11.8 Å². The van der Waals surface area contributed by atoms with Crippen molar-refractivity contribution in [3.8, 4) is 5.75 Å². The zero-order valence-corrected chi connectivity index (χ0v) is 16.2. The molecule has 146 valence electrons. The molecule has 6 nitrogen and oxygen atoms in total. The van der Waals surface area contributed by atoms with E-state index in [1.807, 2.05) is 17.0 Å². The van der Waals surface area contributed by atoms with Crippen molar-refractivity contribution in [1.29, 1.82) is 0 Å². The predicted molar refractivity (Wildman–Crippen MR) is 101 cm³/mol. The number of methoxy groups -OCH3 is 1. The number of fused-ring (bicyclic) bond motifs is 2. The Balaban J connectivity index is 1.52. The first-order valence-electron chi connectivity index (χ1n) is 9.92. The van der Waals surface area contributed by atoms with E-state index in [1.54, 1.807) is 18.9 Å². The topological polar surface area (TPSA) is 59.1 Å². The summed E-state index contributed by atoms with van der Waals surface area (Å²) in [4.78, 5) is 28.5. The van der Waals surface area contributed by atoms with Crippen molar-refractivity contribution in [1.82, 2.24) is 9.80 Å². The molecule has 0 bridgehead atoms. The van der Waals surface area contributed by atoms with Crippen molar-refractivity contribution in [3.05, 3.63) is 29.3 Å². The molecule has 0 unspecified atom stereocenters. The molecule has 1 aromatic rings. The highest BCUT2D eigenvalue weighted by atomic mass is 16.5. The zero-order chi connectivity index (χ0) is 19.0. The minimum absolute atomic E-state index is 0.00592. The highest BCUT2D eigenvalue weighted by Crippen LogP contribution is 2.46. The molecule has 6 heteroatoms.